The molecule has 0 aromatic carbocycles. The van der Waals surface area contributed by atoms with Crippen LogP contribution >= 0.6 is 15.9 Å². The lowest BCUT2D eigenvalue weighted by Gasteiger charge is -2.58. The molecular weight excluding hydrogens is 420 g/mol. The summed E-state index contributed by atoms with van der Waals surface area (Å²) in [5.41, 5.74) is -0.126. The van der Waals surface area contributed by atoms with Crippen LogP contribution in [0, 0.1) is 28.6 Å². The number of hydrogen-bond acceptors (Lipinski definition) is 4. The van der Waals surface area contributed by atoms with Gasteiger partial charge < -0.3 is 4.74 Å². The molecule has 4 aliphatic carbocycles. The third-order valence-corrected chi connectivity index (χ3v) is 9.08. The van der Waals surface area contributed by atoms with Crippen LogP contribution in [0.3, 0.4) is 0 Å². The second-order valence-corrected chi connectivity index (χ2v) is 10.1. The number of ketones is 2. The smallest absolute Gasteiger partial charge is 0.303 e. The lowest BCUT2D eigenvalue weighted by atomic mass is 9.47. The fourth-order valence-electron chi connectivity index (χ4n) is 7.23. The Kier molecular flexibility index (Phi) is 4.76. The second kappa shape index (κ2) is 6.65. The van der Waals surface area contributed by atoms with E-state index in [4.69, 9.17) is 4.74 Å². The zero-order chi connectivity index (χ0) is 20.3. The molecular formula is C23H29BrO4. The predicted molar refractivity (Wildman–Crippen MR) is 110 cm³/mol. The number of esters is 1. The molecule has 0 saturated heterocycles. The van der Waals surface area contributed by atoms with Crippen molar-refractivity contribution >= 4 is 33.5 Å². The molecule has 4 rings (SSSR count). The summed E-state index contributed by atoms with van der Waals surface area (Å²) in [6.45, 7) is 5.87. The van der Waals surface area contributed by atoms with Crippen LogP contribution in [0.4, 0.5) is 0 Å². The van der Waals surface area contributed by atoms with Gasteiger partial charge in [-0.3, -0.25) is 14.4 Å². The summed E-state index contributed by atoms with van der Waals surface area (Å²) in [6, 6.07) is 0. The number of hydrogen-bond donors (Lipinski definition) is 0. The molecule has 0 unspecified atom stereocenters. The number of alkyl halides is 1. The van der Waals surface area contributed by atoms with Crippen LogP contribution in [-0.4, -0.2) is 28.5 Å². The highest BCUT2D eigenvalue weighted by atomic mass is 79.9. The van der Waals surface area contributed by atoms with Gasteiger partial charge in [-0.15, -0.1) is 0 Å². The second-order valence-electron chi connectivity index (χ2n) is 9.58. The average Bonchev–Trinajstić information content (AvgIpc) is 2.94. The number of ether oxygens (including phenoxy) is 1. The normalized spacial score (nSPS) is 44.2. The monoisotopic (exact) mass is 448 g/mol. The first kappa shape index (κ1) is 20.1. The molecule has 152 valence electrons. The van der Waals surface area contributed by atoms with Crippen LogP contribution in [0.5, 0.6) is 0 Å². The maximum Gasteiger partial charge on any atom is 0.303 e. The van der Waals surface area contributed by atoms with Crippen molar-refractivity contribution in [2.45, 2.75) is 64.9 Å². The topological polar surface area (TPSA) is 60.4 Å². The molecule has 6 atom stereocenters. The SMILES string of the molecule is CC(=O)O[C@]1(C(=O)CBr)CC[C@H]2[C@@H]3CCC4=CC(=O)C=C[C@]4(C)[C@H]3CC[C@@]21C. The summed E-state index contributed by atoms with van der Waals surface area (Å²) < 4.78 is 5.86. The highest BCUT2D eigenvalue weighted by Gasteiger charge is 2.68. The zero-order valence-electron chi connectivity index (χ0n) is 16.9. The van der Waals surface area contributed by atoms with Gasteiger partial charge in [0.15, 0.2) is 17.2 Å². The van der Waals surface area contributed by atoms with E-state index < -0.39 is 5.60 Å². The Bertz CT molecular complexity index is 798. The third kappa shape index (κ3) is 2.57. The highest BCUT2D eigenvalue weighted by molar-refractivity contribution is 9.09. The first-order chi connectivity index (χ1) is 13.2. The van der Waals surface area contributed by atoms with Crippen LogP contribution in [0.1, 0.15) is 59.3 Å². The van der Waals surface area contributed by atoms with Gasteiger partial charge in [-0.05, 0) is 68.4 Å². The van der Waals surface area contributed by atoms with Gasteiger partial charge in [-0.25, -0.2) is 0 Å². The molecule has 4 nitrogen and oxygen atoms in total. The number of rotatable bonds is 3. The fraction of sp³-hybridized carbons (Fsp3) is 0.696. The zero-order valence-corrected chi connectivity index (χ0v) is 18.5. The van der Waals surface area contributed by atoms with E-state index in [1.165, 1.54) is 12.5 Å². The van der Waals surface area contributed by atoms with Gasteiger partial charge in [0.1, 0.15) is 0 Å². The summed E-state index contributed by atoms with van der Waals surface area (Å²) in [7, 11) is 0. The first-order valence-corrected chi connectivity index (χ1v) is 11.5. The Morgan fingerprint density at radius 3 is 2.57 bits per heavy atom. The molecule has 28 heavy (non-hydrogen) atoms. The van der Waals surface area contributed by atoms with Gasteiger partial charge in [0.25, 0.3) is 0 Å². The Hall–Kier alpha value is -1.23. The van der Waals surface area contributed by atoms with Crippen molar-refractivity contribution in [2.75, 3.05) is 5.33 Å². The van der Waals surface area contributed by atoms with Crippen molar-refractivity contribution < 1.29 is 19.1 Å². The molecule has 5 heteroatoms. The van der Waals surface area contributed by atoms with Crippen LogP contribution in [0.2, 0.25) is 0 Å². The van der Waals surface area contributed by atoms with E-state index in [-0.39, 0.29) is 33.7 Å². The number of carbonyl (C=O) groups excluding carboxylic acids is 3. The van der Waals surface area contributed by atoms with Gasteiger partial charge in [-0.1, -0.05) is 41.4 Å². The van der Waals surface area contributed by atoms with Gasteiger partial charge in [-0.2, -0.15) is 0 Å². The third-order valence-electron chi connectivity index (χ3n) is 8.57. The van der Waals surface area contributed by atoms with E-state index in [1.54, 1.807) is 6.08 Å². The van der Waals surface area contributed by atoms with Crippen molar-refractivity contribution in [1.29, 1.82) is 0 Å². The van der Waals surface area contributed by atoms with Crippen molar-refractivity contribution in [3.05, 3.63) is 23.8 Å². The largest absolute Gasteiger partial charge is 0.451 e. The molecule has 0 heterocycles. The molecule has 0 aromatic heterocycles. The van der Waals surface area contributed by atoms with Crippen molar-refractivity contribution in [3.63, 3.8) is 0 Å². The minimum Gasteiger partial charge on any atom is -0.451 e. The van der Waals surface area contributed by atoms with Crippen LogP contribution in [0.25, 0.3) is 0 Å². The van der Waals surface area contributed by atoms with E-state index in [9.17, 15) is 14.4 Å². The Morgan fingerprint density at radius 2 is 1.89 bits per heavy atom. The summed E-state index contributed by atoms with van der Waals surface area (Å²) in [4.78, 5) is 36.9. The molecule has 3 fully saturated rings. The maximum atomic E-state index is 13.0. The van der Waals surface area contributed by atoms with Crippen LogP contribution in [-0.2, 0) is 19.1 Å². The number of halogens is 1. The van der Waals surface area contributed by atoms with Crippen molar-refractivity contribution in [1.82, 2.24) is 0 Å². The summed E-state index contributed by atoms with van der Waals surface area (Å²) in [6.07, 6.45) is 11.1. The maximum absolute atomic E-state index is 13.0. The molecule has 0 bridgehead atoms. The number of fused-ring (bicyclic) bond motifs is 5. The Morgan fingerprint density at radius 1 is 1.18 bits per heavy atom. The molecule has 0 N–H and O–H groups in total. The first-order valence-electron chi connectivity index (χ1n) is 10.4. The molecule has 0 spiro atoms. The molecule has 0 aliphatic heterocycles. The number of allylic oxidation sites excluding steroid dienone is 4. The van der Waals surface area contributed by atoms with E-state index in [1.807, 2.05) is 6.08 Å². The van der Waals surface area contributed by atoms with Crippen LogP contribution < -0.4 is 0 Å². The minimum absolute atomic E-state index is 0.00286. The fourth-order valence-corrected chi connectivity index (χ4v) is 7.68. The summed E-state index contributed by atoms with van der Waals surface area (Å²) in [5, 5.41) is 0.214. The Balaban J connectivity index is 1.71. The highest BCUT2D eigenvalue weighted by Crippen LogP contribution is 2.67. The Labute approximate surface area is 175 Å². The van der Waals surface area contributed by atoms with Gasteiger partial charge >= 0.3 is 5.97 Å². The lowest BCUT2D eigenvalue weighted by molar-refractivity contribution is -0.186. The van der Waals surface area contributed by atoms with Crippen molar-refractivity contribution in [2.24, 2.45) is 28.6 Å². The van der Waals surface area contributed by atoms with E-state index in [0.717, 1.165) is 32.1 Å². The lowest BCUT2D eigenvalue weighted by Crippen LogP contribution is -2.59. The molecule has 3 saturated carbocycles. The van der Waals surface area contributed by atoms with Gasteiger partial charge in [0, 0.05) is 17.8 Å². The van der Waals surface area contributed by atoms with Gasteiger partial charge in [0.05, 0.1) is 5.33 Å². The summed E-state index contributed by atoms with van der Waals surface area (Å²) >= 11 is 3.33. The van der Waals surface area contributed by atoms with Gasteiger partial charge in [0.2, 0.25) is 0 Å². The van der Waals surface area contributed by atoms with E-state index >= 15 is 0 Å². The average molecular weight is 449 g/mol. The standard InChI is InChI=1S/C23H29BrO4/c1-14(25)28-23(20(27)13-24)11-8-19-17-5-4-15-12-16(26)6-9-21(15,2)18(17)7-10-22(19,23)3/h6,9,12,17-19H,4-5,7-8,10-11,13H2,1-3H3/t17-,18+,19+,21+,22+,23+/m1/s1. The molecule has 0 aromatic rings. The van der Waals surface area contributed by atoms with E-state index in [0.29, 0.717) is 24.2 Å². The number of Topliss-reactive ketones (excluding diaryl/α,β-unsaturated/α-hetero) is 1. The number of carbonyl (C=O) groups is 3. The quantitative estimate of drug-likeness (QED) is 0.468. The van der Waals surface area contributed by atoms with E-state index in [2.05, 4.69) is 35.9 Å². The van der Waals surface area contributed by atoms with Crippen molar-refractivity contribution in [3.8, 4) is 0 Å². The predicted octanol–water partition coefficient (Wildman–Crippen LogP) is 4.56. The molecule has 0 amide bonds. The van der Waals surface area contributed by atoms with Crippen LogP contribution in [0.15, 0.2) is 23.8 Å². The minimum atomic E-state index is -1.01. The molecule has 0 radical (unpaired) electrons. The summed E-state index contributed by atoms with van der Waals surface area (Å²) in [5.74, 6) is 1.05. The molecule has 4 aliphatic rings.